The molecule has 0 amide bonds. The molecule has 1 aromatic rings. The summed E-state index contributed by atoms with van der Waals surface area (Å²) in [5.41, 5.74) is 0.445. The third kappa shape index (κ3) is 2.34. The lowest BCUT2D eigenvalue weighted by atomic mass is 10.3. The summed E-state index contributed by atoms with van der Waals surface area (Å²) in [5.74, 6) is -1.23. The van der Waals surface area contributed by atoms with Gasteiger partial charge in [0.15, 0.2) is 0 Å². The molecule has 1 saturated heterocycles. The molecule has 1 fully saturated rings. The molecule has 0 saturated carbocycles. The molecule has 0 aromatic carbocycles. The number of hydrogen-bond donors (Lipinski definition) is 2. The van der Waals surface area contributed by atoms with Crippen LogP contribution in [-0.4, -0.2) is 38.7 Å². The summed E-state index contributed by atoms with van der Waals surface area (Å²) in [4.78, 5) is 10.7. The average Bonchev–Trinajstić information content (AvgIpc) is 2.55. The fraction of sp³-hybridized carbons (Fsp3) is 0.444. The number of hydrogen-bond acceptors (Lipinski definition) is 5. The van der Waals surface area contributed by atoms with Crippen molar-refractivity contribution in [2.75, 3.05) is 13.2 Å². The van der Waals surface area contributed by atoms with Gasteiger partial charge in [-0.2, -0.15) is 0 Å². The third-order valence-electron chi connectivity index (χ3n) is 2.34. The first-order valence-corrected chi connectivity index (χ1v) is 7.19. The van der Waals surface area contributed by atoms with E-state index in [4.69, 9.17) is 9.84 Å². The predicted octanol–water partition coefficient (Wildman–Crippen LogP) is 0.432. The van der Waals surface area contributed by atoms with Crippen molar-refractivity contribution in [1.29, 1.82) is 0 Å². The van der Waals surface area contributed by atoms with Crippen LogP contribution in [0, 0.1) is 6.92 Å². The summed E-state index contributed by atoms with van der Waals surface area (Å²) >= 11 is 0.914. The largest absolute Gasteiger partial charge is 0.477 e. The molecule has 1 aliphatic rings. The zero-order valence-corrected chi connectivity index (χ0v) is 10.6. The van der Waals surface area contributed by atoms with Gasteiger partial charge < -0.3 is 9.84 Å². The summed E-state index contributed by atoms with van der Waals surface area (Å²) in [6.45, 7) is 2.23. The third-order valence-corrected chi connectivity index (χ3v) is 5.26. The maximum absolute atomic E-state index is 12.0. The number of carboxylic acid groups (broad SMARTS) is 1. The van der Waals surface area contributed by atoms with Crippen LogP contribution in [0.1, 0.15) is 15.2 Å². The van der Waals surface area contributed by atoms with Crippen LogP contribution in [0.25, 0.3) is 0 Å². The quantitative estimate of drug-likeness (QED) is 0.832. The van der Waals surface area contributed by atoms with E-state index in [1.807, 2.05) is 0 Å². The van der Waals surface area contributed by atoms with E-state index in [0.717, 1.165) is 11.3 Å². The molecule has 0 spiro atoms. The van der Waals surface area contributed by atoms with Crippen LogP contribution in [0.2, 0.25) is 0 Å². The monoisotopic (exact) mass is 277 g/mol. The van der Waals surface area contributed by atoms with Crippen molar-refractivity contribution < 1.29 is 23.1 Å². The van der Waals surface area contributed by atoms with Gasteiger partial charge in [-0.1, -0.05) is 0 Å². The van der Waals surface area contributed by atoms with Crippen LogP contribution >= 0.6 is 11.3 Å². The minimum Gasteiger partial charge on any atom is -0.477 e. The lowest BCUT2D eigenvalue weighted by molar-refractivity contribution is 0.00481. The van der Waals surface area contributed by atoms with Crippen LogP contribution in [0.3, 0.4) is 0 Å². The first-order valence-electron chi connectivity index (χ1n) is 4.83. The van der Waals surface area contributed by atoms with E-state index in [-0.39, 0.29) is 15.8 Å². The Kier molecular flexibility index (Phi) is 3.21. The first-order chi connectivity index (χ1) is 7.92. The SMILES string of the molecule is Cc1csc(C(=O)O)c1S(=O)(=O)NC1COC1. The van der Waals surface area contributed by atoms with Gasteiger partial charge in [-0.25, -0.2) is 17.9 Å². The molecule has 2 N–H and O–H groups in total. The van der Waals surface area contributed by atoms with Gasteiger partial charge in [0.2, 0.25) is 10.0 Å². The molecule has 8 heteroatoms. The van der Waals surface area contributed by atoms with E-state index in [9.17, 15) is 13.2 Å². The molecule has 94 valence electrons. The van der Waals surface area contributed by atoms with Crippen molar-refractivity contribution in [3.63, 3.8) is 0 Å². The second-order valence-electron chi connectivity index (χ2n) is 3.74. The number of carboxylic acids is 1. The van der Waals surface area contributed by atoms with Crippen molar-refractivity contribution in [2.45, 2.75) is 17.9 Å². The van der Waals surface area contributed by atoms with E-state index in [1.165, 1.54) is 5.38 Å². The van der Waals surface area contributed by atoms with E-state index < -0.39 is 16.0 Å². The van der Waals surface area contributed by atoms with Gasteiger partial charge in [-0.3, -0.25) is 0 Å². The highest BCUT2D eigenvalue weighted by Crippen LogP contribution is 2.27. The van der Waals surface area contributed by atoms with Crippen LogP contribution in [-0.2, 0) is 14.8 Å². The summed E-state index contributed by atoms with van der Waals surface area (Å²) in [7, 11) is -3.78. The normalized spacial score (nSPS) is 16.8. The summed E-state index contributed by atoms with van der Waals surface area (Å²) < 4.78 is 31.3. The number of carbonyl (C=O) groups is 1. The molecule has 17 heavy (non-hydrogen) atoms. The number of sulfonamides is 1. The lowest BCUT2D eigenvalue weighted by Gasteiger charge is -2.26. The molecular formula is C9H11NO5S2. The Hall–Kier alpha value is -0.960. The molecule has 6 nitrogen and oxygen atoms in total. The topological polar surface area (TPSA) is 92.7 Å². The Bertz CT molecular complexity index is 544. The standard InChI is InChI=1S/C9H11NO5S2/c1-5-4-16-7(9(11)12)8(5)17(13,14)10-6-2-15-3-6/h4,6,10H,2-3H2,1H3,(H,11,12). The van der Waals surface area contributed by atoms with Crippen LogP contribution in [0.15, 0.2) is 10.3 Å². The molecule has 0 unspecified atom stereocenters. The highest BCUT2D eigenvalue weighted by atomic mass is 32.2. The van der Waals surface area contributed by atoms with Gasteiger partial charge in [-0.05, 0) is 17.9 Å². The van der Waals surface area contributed by atoms with Crippen molar-refractivity contribution in [3.05, 3.63) is 15.8 Å². The molecule has 1 aliphatic heterocycles. The highest BCUT2D eigenvalue weighted by Gasteiger charge is 2.31. The lowest BCUT2D eigenvalue weighted by Crippen LogP contribution is -2.48. The Morgan fingerprint density at radius 1 is 1.59 bits per heavy atom. The minimum atomic E-state index is -3.78. The van der Waals surface area contributed by atoms with Gasteiger partial charge in [0.25, 0.3) is 0 Å². The average molecular weight is 277 g/mol. The van der Waals surface area contributed by atoms with Gasteiger partial charge in [-0.15, -0.1) is 11.3 Å². The predicted molar refractivity (Wildman–Crippen MR) is 60.9 cm³/mol. The maximum atomic E-state index is 12.0. The molecule has 1 aromatic heterocycles. The van der Waals surface area contributed by atoms with Gasteiger partial charge in [0.05, 0.1) is 19.3 Å². The number of rotatable bonds is 4. The number of aromatic carboxylic acids is 1. The van der Waals surface area contributed by atoms with E-state index >= 15 is 0 Å². The number of aryl methyl sites for hydroxylation is 1. The van der Waals surface area contributed by atoms with Gasteiger partial charge in [0, 0.05) is 0 Å². The fourth-order valence-electron chi connectivity index (χ4n) is 1.50. The molecule has 2 heterocycles. The number of ether oxygens (including phenoxy) is 1. The van der Waals surface area contributed by atoms with Crippen molar-refractivity contribution in [3.8, 4) is 0 Å². The molecular weight excluding hydrogens is 266 g/mol. The van der Waals surface area contributed by atoms with Gasteiger partial charge >= 0.3 is 5.97 Å². The van der Waals surface area contributed by atoms with Crippen molar-refractivity contribution >= 4 is 27.3 Å². The summed E-state index contributed by atoms with van der Waals surface area (Å²) in [6.07, 6.45) is 0. The Morgan fingerprint density at radius 3 is 2.71 bits per heavy atom. The van der Waals surface area contributed by atoms with E-state index in [2.05, 4.69) is 4.72 Å². The van der Waals surface area contributed by atoms with E-state index in [0.29, 0.717) is 18.8 Å². The van der Waals surface area contributed by atoms with Crippen LogP contribution in [0.5, 0.6) is 0 Å². The molecule has 0 bridgehead atoms. The second-order valence-corrected chi connectivity index (χ2v) is 6.27. The van der Waals surface area contributed by atoms with Crippen molar-refractivity contribution in [1.82, 2.24) is 4.72 Å². The minimum absolute atomic E-state index is 0.137. The highest BCUT2D eigenvalue weighted by molar-refractivity contribution is 7.89. The first kappa shape index (κ1) is 12.5. The molecule has 0 radical (unpaired) electrons. The van der Waals surface area contributed by atoms with Crippen molar-refractivity contribution in [2.24, 2.45) is 0 Å². The Morgan fingerprint density at radius 2 is 2.24 bits per heavy atom. The molecule has 0 aliphatic carbocycles. The summed E-state index contributed by atoms with van der Waals surface area (Å²) in [6, 6.07) is -0.263. The molecule has 2 rings (SSSR count). The Labute approximate surface area is 102 Å². The smallest absolute Gasteiger partial charge is 0.347 e. The zero-order valence-electron chi connectivity index (χ0n) is 8.97. The molecule has 0 atom stereocenters. The maximum Gasteiger partial charge on any atom is 0.347 e. The Balaban J connectivity index is 2.37. The van der Waals surface area contributed by atoms with E-state index in [1.54, 1.807) is 6.92 Å². The second kappa shape index (κ2) is 4.37. The zero-order chi connectivity index (χ0) is 12.6. The van der Waals surface area contributed by atoms with Crippen LogP contribution in [0.4, 0.5) is 0 Å². The van der Waals surface area contributed by atoms with Gasteiger partial charge in [0.1, 0.15) is 9.77 Å². The number of nitrogens with one attached hydrogen (secondary N) is 1. The summed E-state index contributed by atoms with van der Waals surface area (Å²) in [5, 5.41) is 10.5. The van der Waals surface area contributed by atoms with Crippen LogP contribution < -0.4 is 4.72 Å². The fourth-order valence-corrected chi connectivity index (χ4v) is 4.33. The number of thiophene rings is 1.